The summed E-state index contributed by atoms with van der Waals surface area (Å²) in [5.41, 5.74) is 1.43. The molecule has 0 aliphatic heterocycles. The van der Waals surface area contributed by atoms with Crippen LogP contribution in [0.1, 0.15) is 52.3 Å². The molecule has 8 heteroatoms. The first-order valence-electron chi connectivity index (χ1n) is 9.36. The van der Waals surface area contributed by atoms with Gasteiger partial charge in [0.1, 0.15) is 5.82 Å². The van der Waals surface area contributed by atoms with Crippen LogP contribution in [-0.2, 0) is 0 Å². The molecule has 144 valence electrons. The molecule has 0 aliphatic carbocycles. The lowest BCUT2D eigenvalue weighted by molar-refractivity contribution is 0.415. The molecule has 0 radical (unpaired) electrons. The van der Waals surface area contributed by atoms with Gasteiger partial charge in [0.2, 0.25) is 5.65 Å². The van der Waals surface area contributed by atoms with Gasteiger partial charge in [-0.2, -0.15) is 4.52 Å². The van der Waals surface area contributed by atoms with Crippen LogP contribution in [0, 0.1) is 0 Å². The Morgan fingerprint density at radius 1 is 1.19 bits per heavy atom. The average Bonchev–Trinajstić information content (AvgIpc) is 3.11. The van der Waals surface area contributed by atoms with Crippen molar-refractivity contribution in [3.63, 3.8) is 0 Å². The van der Waals surface area contributed by atoms with Crippen LogP contribution in [0.15, 0.2) is 24.4 Å². The number of hydrogen-bond acceptors (Lipinski definition) is 7. The summed E-state index contributed by atoms with van der Waals surface area (Å²) in [5, 5.41) is 20.2. The first-order valence-corrected chi connectivity index (χ1v) is 9.36. The Morgan fingerprint density at radius 3 is 2.63 bits per heavy atom. The highest BCUT2D eigenvalue weighted by Gasteiger charge is 2.17. The summed E-state index contributed by atoms with van der Waals surface area (Å²) in [6.07, 6.45) is 3.76. The van der Waals surface area contributed by atoms with E-state index in [0.717, 1.165) is 30.2 Å². The molecule has 0 saturated heterocycles. The first kappa shape index (κ1) is 18.9. The van der Waals surface area contributed by atoms with E-state index in [9.17, 15) is 0 Å². The maximum atomic E-state index is 5.40. The fourth-order valence-electron chi connectivity index (χ4n) is 2.90. The molecule has 3 aromatic heterocycles. The van der Waals surface area contributed by atoms with Crippen LogP contribution < -0.4 is 15.4 Å². The number of aromatic nitrogens is 5. The number of pyridine rings is 1. The largest absolute Gasteiger partial charge is 0.493 e. The average molecular weight is 369 g/mol. The second-order valence-electron chi connectivity index (χ2n) is 6.73. The minimum atomic E-state index is 0.202. The molecule has 0 saturated carbocycles. The molecule has 8 nitrogen and oxygen atoms in total. The van der Waals surface area contributed by atoms with Crippen LogP contribution in [0.5, 0.6) is 5.75 Å². The van der Waals surface area contributed by atoms with Gasteiger partial charge in [-0.1, -0.05) is 27.7 Å². The number of rotatable bonds is 8. The SMILES string of the molecule is CCC(CC)Nc1cc(Nc2ncccc2OC)c2nnc(C(C)C)n2n1. The summed E-state index contributed by atoms with van der Waals surface area (Å²) >= 11 is 0. The molecular formula is C19H27N7O. The molecule has 0 atom stereocenters. The van der Waals surface area contributed by atoms with Crippen molar-refractivity contribution in [3.05, 3.63) is 30.2 Å². The van der Waals surface area contributed by atoms with Gasteiger partial charge in [0.05, 0.1) is 12.8 Å². The lowest BCUT2D eigenvalue weighted by Gasteiger charge is -2.17. The van der Waals surface area contributed by atoms with E-state index >= 15 is 0 Å². The number of nitrogens with one attached hydrogen (secondary N) is 2. The van der Waals surface area contributed by atoms with Gasteiger partial charge in [0, 0.05) is 24.2 Å². The fraction of sp³-hybridized carbons (Fsp3) is 0.474. The molecule has 2 N–H and O–H groups in total. The number of hydrogen-bond donors (Lipinski definition) is 2. The molecule has 3 aromatic rings. The van der Waals surface area contributed by atoms with Gasteiger partial charge < -0.3 is 15.4 Å². The molecule has 0 aromatic carbocycles. The van der Waals surface area contributed by atoms with E-state index in [1.54, 1.807) is 17.8 Å². The summed E-state index contributed by atoms with van der Waals surface area (Å²) in [7, 11) is 1.62. The van der Waals surface area contributed by atoms with Crippen LogP contribution in [0.3, 0.4) is 0 Å². The van der Waals surface area contributed by atoms with Crippen molar-refractivity contribution in [1.82, 2.24) is 24.8 Å². The predicted octanol–water partition coefficient (Wildman–Crippen LogP) is 4.00. The van der Waals surface area contributed by atoms with Crippen molar-refractivity contribution in [2.24, 2.45) is 0 Å². The van der Waals surface area contributed by atoms with Crippen molar-refractivity contribution in [1.29, 1.82) is 0 Å². The number of fused-ring (bicyclic) bond motifs is 1. The first-order chi connectivity index (χ1) is 13.1. The molecule has 0 aliphatic rings. The van der Waals surface area contributed by atoms with Gasteiger partial charge in [-0.15, -0.1) is 15.3 Å². The Morgan fingerprint density at radius 2 is 1.96 bits per heavy atom. The zero-order valence-electron chi connectivity index (χ0n) is 16.5. The lowest BCUT2D eigenvalue weighted by Crippen LogP contribution is -2.19. The van der Waals surface area contributed by atoms with E-state index in [1.165, 1.54) is 0 Å². The molecule has 0 spiro atoms. The molecule has 0 amide bonds. The van der Waals surface area contributed by atoms with E-state index in [2.05, 4.69) is 53.5 Å². The zero-order valence-corrected chi connectivity index (χ0v) is 16.5. The Balaban J connectivity index is 2.09. The minimum Gasteiger partial charge on any atom is -0.493 e. The van der Waals surface area contributed by atoms with Crippen LogP contribution >= 0.6 is 0 Å². The van der Waals surface area contributed by atoms with Crippen LogP contribution in [0.25, 0.3) is 5.65 Å². The van der Waals surface area contributed by atoms with E-state index in [-0.39, 0.29) is 5.92 Å². The zero-order chi connectivity index (χ0) is 19.4. The quantitative estimate of drug-likeness (QED) is 0.620. The Hall–Kier alpha value is -2.90. The molecule has 0 bridgehead atoms. The molecule has 27 heavy (non-hydrogen) atoms. The Labute approximate surface area is 159 Å². The van der Waals surface area contributed by atoms with Crippen molar-refractivity contribution in [2.45, 2.75) is 52.5 Å². The summed E-state index contributed by atoms with van der Waals surface area (Å²) in [6, 6.07) is 5.99. The van der Waals surface area contributed by atoms with Crippen molar-refractivity contribution in [3.8, 4) is 5.75 Å². The number of ether oxygens (including phenoxy) is 1. The van der Waals surface area contributed by atoms with Gasteiger partial charge in [-0.25, -0.2) is 4.98 Å². The summed E-state index contributed by atoms with van der Waals surface area (Å²) in [5.74, 6) is 3.07. The van der Waals surface area contributed by atoms with Gasteiger partial charge in [0.25, 0.3) is 0 Å². The number of nitrogens with zero attached hydrogens (tertiary/aromatic N) is 5. The summed E-state index contributed by atoms with van der Waals surface area (Å²) < 4.78 is 7.20. The Kier molecular flexibility index (Phi) is 5.73. The third-order valence-corrected chi connectivity index (χ3v) is 4.49. The molecule has 3 heterocycles. The highest BCUT2D eigenvalue weighted by Crippen LogP contribution is 2.29. The van der Waals surface area contributed by atoms with Gasteiger partial charge in [0.15, 0.2) is 17.4 Å². The van der Waals surface area contributed by atoms with Gasteiger partial charge in [-0.05, 0) is 25.0 Å². The molecular weight excluding hydrogens is 342 g/mol. The lowest BCUT2D eigenvalue weighted by atomic mass is 10.2. The minimum absolute atomic E-state index is 0.202. The maximum absolute atomic E-state index is 5.40. The maximum Gasteiger partial charge on any atom is 0.201 e. The highest BCUT2D eigenvalue weighted by atomic mass is 16.5. The third-order valence-electron chi connectivity index (χ3n) is 4.49. The van der Waals surface area contributed by atoms with Crippen LogP contribution in [0.2, 0.25) is 0 Å². The summed E-state index contributed by atoms with van der Waals surface area (Å²) in [6.45, 7) is 8.48. The Bertz CT molecular complexity index is 902. The normalized spacial score (nSPS) is 11.4. The van der Waals surface area contributed by atoms with E-state index < -0.39 is 0 Å². The van der Waals surface area contributed by atoms with Crippen LogP contribution in [-0.4, -0.2) is 37.9 Å². The second kappa shape index (κ2) is 8.20. The van der Waals surface area contributed by atoms with E-state index in [1.807, 2.05) is 18.2 Å². The molecule has 0 unspecified atom stereocenters. The topological polar surface area (TPSA) is 89.3 Å². The number of methoxy groups -OCH3 is 1. The molecule has 0 fully saturated rings. The second-order valence-corrected chi connectivity index (χ2v) is 6.73. The van der Waals surface area contributed by atoms with Crippen molar-refractivity contribution < 1.29 is 4.74 Å². The van der Waals surface area contributed by atoms with Gasteiger partial charge in [-0.3, -0.25) is 0 Å². The van der Waals surface area contributed by atoms with Gasteiger partial charge >= 0.3 is 0 Å². The number of anilines is 3. The molecule has 3 rings (SSSR count). The standard InChI is InChI=1S/C19H27N7O/c1-6-13(7-2)21-16-11-14(22-17-15(27-5)9-8-10-20-17)19-24-23-18(12(3)4)26(19)25-16/h8-13H,6-7H2,1-5H3,(H,20,22)(H,21,25). The highest BCUT2D eigenvalue weighted by molar-refractivity contribution is 5.76. The fourth-order valence-corrected chi connectivity index (χ4v) is 2.90. The summed E-state index contributed by atoms with van der Waals surface area (Å²) in [4.78, 5) is 4.38. The third kappa shape index (κ3) is 3.94. The van der Waals surface area contributed by atoms with E-state index in [4.69, 9.17) is 9.84 Å². The van der Waals surface area contributed by atoms with E-state index in [0.29, 0.717) is 23.3 Å². The van der Waals surface area contributed by atoms with Crippen LogP contribution in [0.4, 0.5) is 17.3 Å². The van der Waals surface area contributed by atoms with Crippen molar-refractivity contribution >= 4 is 23.0 Å². The van der Waals surface area contributed by atoms with Crippen molar-refractivity contribution in [2.75, 3.05) is 17.7 Å². The monoisotopic (exact) mass is 369 g/mol. The predicted molar refractivity (Wildman–Crippen MR) is 107 cm³/mol. The smallest absolute Gasteiger partial charge is 0.201 e.